The van der Waals surface area contributed by atoms with Gasteiger partial charge in [-0.3, -0.25) is 10.1 Å². The second-order valence-corrected chi connectivity index (χ2v) is 7.14. The van der Waals surface area contributed by atoms with E-state index in [9.17, 15) is 4.79 Å². The van der Waals surface area contributed by atoms with Crippen LogP contribution in [0.25, 0.3) is 16.3 Å². The monoisotopic (exact) mass is 359 g/mol. The first kappa shape index (κ1) is 17.5. The van der Waals surface area contributed by atoms with Crippen molar-refractivity contribution < 1.29 is 9.53 Å². The molecule has 0 unspecified atom stereocenters. The molecule has 8 heteroatoms. The van der Waals surface area contributed by atoms with Crippen molar-refractivity contribution in [3.05, 3.63) is 29.5 Å². The highest BCUT2D eigenvalue weighted by atomic mass is 32.1. The molecule has 0 saturated carbocycles. The summed E-state index contributed by atoms with van der Waals surface area (Å²) in [5.41, 5.74) is 2.23. The van der Waals surface area contributed by atoms with Crippen LogP contribution >= 0.6 is 11.5 Å². The van der Waals surface area contributed by atoms with Gasteiger partial charge in [-0.15, -0.1) is 5.10 Å². The number of nitrogens with zero attached hydrogens (tertiary/aromatic N) is 3. The third-order valence-corrected chi connectivity index (χ3v) is 4.41. The van der Waals surface area contributed by atoms with Crippen molar-refractivity contribution in [3.8, 4) is 0 Å². The fourth-order valence-electron chi connectivity index (χ4n) is 2.69. The van der Waals surface area contributed by atoms with Crippen molar-refractivity contribution in [1.29, 1.82) is 0 Å². The maximum absolute atomic E-state index is 12.2. The molecule has 1 atom stereocenters. The van der Waals surface area contributed by atoms with Gasteiger partial charge in [0.1, 0.15) is 11.2 Å². The quantitative estimate of drug-likeness (QED) is 0.772. The highest BCUT2D eigenvalue weighted by Gasteiger charge is 2.23. The number of amides is 1. The molecule has 1 aliphatic rings. The Kier molecular flexibility index (Phi) is 5.40. The first-order chi connectivity index (χ1) is 12.0. The summed E-state index contributed by atoms with van der Waals surface area (Å²) >= 11 is 1.33. The summed E-state index contributed by atoms with van der Waals surface area (Å²) in [6.45, 7) is 4.80. The fraction of sp³-hybridized carbons (Fsp3) is 0.412. The number of aliphatic imine (C=N–C) groups is 1. The summed E-state index contributed by atoms with van der Waals surface area (Å²) in [6, 6.07) is 5.77. The fourth-order valence-corrected chi connectivity index (χ4v) is 3.29. The van der Waals surface area contributed by atoms with E-state index < -0.39 is 0 Å². The van der Waals surface area contributed by atoms with Crippen LogP contribution in [0.2, 0.25) is 0 Å². The maximum Gasteiger partial charge on any atom is 0.274 e. The normalized spacial score (nSPS) is 19.0. The Morgan fingerprint density at radius 3 is 2.96 bits per heavy atom. The number of methoxy groups -OCH3 is 1. The number of benzene rings is 1. The van der Waals surface area contributed by atoms with E-state index in [2.05, 4.69) is 39.1 Å². The highest BCUT2D eigenvalue weighted by molar-refractivity contribution is 7.12. The Labute approximate surface area is 150 Å². The molecule has 2 heterocycles. The van der Waals surface area contributed by atoms with Crippen LogP contribution in [0.1, 0.15) is 25.8 Å². The van der Waals surface area contributed by atoms with Gasteiger partial charge in [-0.2, -0.15) is 0 Å². The van der Waals surface area contributed by atoms with Gasteiger partial charge in [-0.25, -0.2) is 4.99 Å². The lowest BCUT2D eigenvalue weighted by Gasteiger charge is -2.14. The SMILES string of the molecule is COC[C@@H](CC(C)C)N=C1NC(=O)/C(=C/c2ccc3nnsc3c2)N1. The Morgan fingerprint density at radius 2 is 2.20 bits per heavy atom. The highest BCUT2D eigenvalue weighted by Crippen LogP contribution is 2.19. The van der Waals surface area contributed by atoms with Crippen molar-refractivity contribution >= 4 is 39.7 Å². The lowest BCUT2D eigenvalue weighted by molar-refractivity contribution is -0.115. The average Bonchev–Trinajstić information content (AvgIpc) is 3.13. The Hall–Kier alpha value is -2.32. The van der Waals surface area contributed by atoms with Crippen LogP contribution in [-0.2, 0) is 9.53 Å². The van der Waals surface area contributed by atoms with Crippen molar-refractivity contribution in [2.75, 3.05) is 13.7 Å². The number of carbonyl (C=O) groups is 1. The largest absolute Gasteiger partial charge is 0.382 e. The van der Waals surface area contributed by atoms with E-state index in [1.807, 2.05) is 18.2 Å². The number of ether oxygens (including phenoxy) is 1. The maximum atomic E-state index is 12.2. The van der Waals surface area contributed by atoms with Gasteiger partial charge in [-0.05, 0) is 47.6 Å². The molecule has 1 amide bonds. The van der Waals surface area contributed by atoms with Crippen LogP contribution < -0.4 is 10.6 Å². The van der Waals surface area contributed by atoms with Gasteiger partial charge in [0, 0.05) is 7.11 Å². The van der Waals surface area contributed by atoms with Gasteiger partial charge in [0.25, 0.3) is 5.91 Å². The van der Waals surface area contributed by atoms with Crippen molar-refractivity contribution in [3.63, 3.8) is 0 Å². The predicted octanol–water partition coefficient (Wildman–Crippen LogP) is 2.17. The van der Waals surface area contributed by atoms with E-state index in [4.69, 9.17) is 4.74 Å². The number of hydrogen-bond acceptors (Lipinski definition) is 6. The minimum Gasteiger partial charge on any atom is -0.382 e. The molecule has 0 bridgehead atoms. The van der Waals surface area contributed by atoms with Crippen LogP contribution in [0, 0.1) is 5.92 Å². The Balaban J connectivity index is 1.77. The average molecular weight is 359 g/mol. The molecule has 1 fully saturated rings. The van der Waals surface area contributed by atoms with Crippen molar-refractivity contribution in [1.82, 2.24) is 20.2 Å². The molecular weight excluding hydrogens is 338 g/mol. The van der Waals surface area contributed by atoms with E-state index in [0.717, 1.165) is 22.2 Å². The molecule has 132 valence electrons. The first-order valence-electron chi connectivity index (χ1n) is 8.14. The number of hydrogen-bond donors (Lipinski definition) is 2. The molecule has 0 radical (unpaired) electrons. The van der Waals surface area contributed by atoms with Gasteiger partial charge < -0.3 is 10.1 Å². The minimum absolute atomic E-state index is 0.00627. The summed E-state index contributed by atoms with van der Waals surface area (Å²) in [4.78, 5) is 16.8. The van der Waals surface area contributed by atoms with E-state index in [1.165, 1.54) is 11.5 Å². The van der Waals surface area contributed by atoms with E-state index in [0.29, 0.717) is 24.2 Å². The molecule has 7 nitrogen and oxygen atoms in total. The predicted molar refractivity (Wildman–Crippen MR) is 99.2 cm³/mol. The second kappa shape index (κ2) is 7.71. The summed E-state index contributed by atoms with van der Waals surface area (Å²) in [5, 5.41) is 9.85. The van der Waals surface area contributed by atoms with Crippen LogP contribution in [0.3, 0.4) is 0 Å². The minimum atomic E-state index is -0.193. The van der Waals surface area contributed by atoms with Gasteiger partial charge in [-0.1, -0.05) is 24.4 Å². The zero-order valence-electron chi connectivity index (χ0n) is 14.4. The molecule has 0 aliphatic carbocycles. The van der Waals surface area contributed by atoms with Crippen molar-refractivity contribution in [2.24, 2.45) is 10.9 Å². The first-order valence-corrected chi connectivity index (χ1v) is 8.91. The summed E-state index contributed by atoms with van der Waals surface area (Å²) in [5.74, 6) is 0.776. The molecule has 2 N–H and O–H groups in total. The third-order valence-electron chi connectivity index (χ3n) is 3.73. The third kappa shape index (κ3) is 4.40. The number of carbonyl (C=O) groups excluding carboxylic acids is 1. The number of fused-ring (bicyclic) bond motifs is 1. The molecule has 1 saturated heterocycles. The molecule has 1 aromatic carbocycles. The van der Waals surface area contributed by atoms with Crippen molar-refractivity contribution in [2.45, 2.75) is 26.3 Å². The van der Waals surface area contributed by atoms with Gasteiger partial charge in [0.2, 0.25) is 5.96 Å². The zero-order valence-corrected chi connectivity index (χ0v) is 15.3. The molecule has 0 spiro atoms. The molecular formula is C17H21N5O2S. The Bertz CT molecular complexity index is 827. The zero-order chi connectivity index (χ0) is 17.8. The second-order valence-electron chi connectivity index (χ2n) is 6.35. The Morgan fingerprint density at radius 1 is 1.36 bits per heavy atom. The lowest BCUT2D eigenvalue weighted by Crippen LogP contribution is -2.29. The van der Waals surface area contributed by atoms with E-state index >= 15 is 0 Å². The molecule has 2 aromatic rings. The number of rotatable bonds is 6. The number of aromatic nitrogens is 2. The number of guanidine groups is 1. The number of nitrogens with one attached hydrogen (secondary N) is 2. The van der Waals surface area contributed by atoms with E-state index in [-0.39, 0.29) is 11.9 Å². The summed E-state index contributed by atoms with van der Waals surface area (Å²) < 4.78 is 10.1. The smallest absolute Gasteiger partial charge is 0.274 e. The van der Waals surface area contributed by atoms with Crippen LogP contribution in [-0.4, -0.2) is 41.2 Å². The van der Waals surface area contributed by atoms with Gasteiger partial charge in [0.15, 0.2) is 0 Å². The molecule has 1 aromatic heterocycles. The van der Waals surface area contributed by atoms with Crippen LogP contribution in [0.15, 0.2) is 28.9 Å². The molecule has 3 rings (SSSR count). The van der Waals surface area contributed by atoms with Gasteiger partial charge >= 0.3 is 0 Å². The van der Waals surface area contributed by atoms with E-state index in [1.54, 1.807) is 13.2 Å². The topological polar surface area (TPSA) is 88.5 Å². The summed E-state index contributed by atoms with van der Waals surface area (Å²) in [7, 11) is 1.66. The molecule has 25 heavy (non-hydrogen) atoms. The van der Waals surface area contributed by atoms with Crippen LogP contribution in [0.5, 0.6) is 0 Å². The summed E-state index contributed by atoms with van der Waals surface area (Å²) in [6.07, 6.45) is 2.69. The van der Waals surface area contributed by atoms with Gasteiger partial charge in [0.05, 0.1) is 17.3 Å². The molecule has 1 aliphatic heterocycles. The standard InChI is InChI=1S/C17H21N5O2S/c1-10(2)6-12(9-24-3)18-17-19-14(16(23)20-17)7-11-4-5-13-15(8-11)25-22-21-13/h4-5,7-8,10,12H,6,9H2,1-3H3,(H2,18,19,20,23)/b14-7-/t12-/m1/s1. The lowest BCUT2D eigenvalue weighted by atomic mass is 10.1. The van der Waals surface area contributed by atoms with Crippen LogP contribution in [0.4, 0.5) is 0 Å².